The van der Waals surface area contributed by atoms with Crippen LogP contribution in [0.3, 0.4) is 0 Å². The summed E-state index contributed by atoms with van der Waals surface area (Å²) in [6.07, 6.45) is 1.62. The van der Waals surface area contributed by atoms with Crippen LogP contribution in [-0.2, 0) is 13.6 Å². The lowest BCUT2D eigenvalue weighted by molar-refractivity contribution is 0.627. The van der Waals surface area contributed by atoms with Gasteiger partial charge in [0.1, 0.15) is 10.3 Å². The van der Waals surface area contributed by atoms with Crippen molar-refractivity contribution in [3.05, 3.63) is 56.7 Å². The summed E-state index contributed by atoms with van der Waals surface area (Å²) < 4.78 is 14.6. The van der Waals surface area contributed by atoms with Crippen molar-refractivity contribution in [1.82, 2.24) is 9.78 Å². The van der Waals surface area contributed by atoms with E-state index in [2.05, 4.69) is 21.0 Å². The van der Waals surface area contributed by atoms with E-state index in [-0.39, 0.29) is 11.4 Å². The first kappa shape index (κ1) is 13.7. The van der Waals surface area contributed by atoms with Crippen LogP contribution in [0.15, 0.2) is 39.7 Å². The molecule has 0 aliphatic rings. The van der Waals surface area contributed by atoms with Gasteiger partial charge in [0.05, 0.1) is 11.9 Å². The molecule has 1 heterocycles. The first-order valence-corrected chi connectivity index (χ1v) is 6.45. The minimum atomic E-state index is -0.261. The summed E-state index contributed by atoms with van der Waals surface area (Å²) in [5, 5.41) is 3.99. The van der Waals surface area contributed by atoms with Crippen molar-refractivity contribution in [3.8, 4) is 0 Å². The van der Waals surface area contributed by atoms with Gasteiger partial charge in [-0.2, -0.15) is 5.10 Å². The van der Waals surface area contributed by atoms with Gasteiger partial charge in [-0.15, -0.1) is 0 Å². The molecule has 4 nitrogen and oxygen atoms in total. The molecular formula is C13H13BrFN3O. The molecule has 6 heteroatoms. The molecule has 0 bridgehead atoms. The van der Waals surface area contributed by atoms with Crippen molar-refractivity contribution in [2.45, 2.75) is 6.54 Å². The Morgan fingerprint density at radius 2 is 2.00 bits per heavy atom. The number of aromatic nitrogens is 2. The Morgan fingerprint density at radius 1 is 1.37 bits per heavy atom. The molecule has 0 atom stereocenters. The average Bonchev–Trinajstić information content (AvgIpc) is 2.39. The molecule has 0 unspecified atom stereocenters. The van der Waals surface area contributed by atoms with Gasteiger partial charge in [0.15, 0.2) is 0 Å². The monoisotopic (exact) mass is 325 g/mol. The Hall–Kier alpha value is -1.69. The zero-order chi connectivity index (χ0) is 14.0. The molecular weight excluding hydrogens is 313 g/mol. The van der Waals surface area contributed by atoms with Gasteiger partial charge in [-0.25, -0.2) is 9.07 Å². The summed E-state index contributed by atoms with van der Waals surface area (Å²) in [7, 11) is 3.45. The van der Waals surface area contributed by atoms with E-state index in [4.69, 9.17) is 0 Å². The molecule has 0 amide bonds. The molecule has 2 rings (SSSR count). The maximum Gasteiger partial charge on any atom is 0.282 e. The summed E-state index contributed by atoms with van der Waals surface area (Å²) >= 11 is 3.28. The number of anilines is 1. The third-order valence-electron chi connectivity index (χ3n) is 2.80. The first-order chi connectivity index (χ1) is 8.99. The molecule has 0 saturated carbocycles. The molecule has 0 aliphatic heterocycles. The molecule has 100 valence electrons. The molecule has 19 heavy (non-hydrogen) atoms. The predicted molar refractivity (Wildman–Crippen MR) is 75.7 cm³/mol. The Labute approximate surface area is 118 Å². The van der Waals surface area contributed by atoms with Crippen LogP contribution in [0.5, 0.6) is 0 Å². The van der Waals surface area contributed by atoms with Crippen LogP contribution in [0.1, 0.15) is 5.56 Å². The van der Waals surface area contributed by atoms with E-state index < -0.39 is 0 Å². The fourth-order valence-corrected chi connectivity index (χ4v) is 2.38. The minimum Gasteiger partial charge on any atom is -0.368 e. The van der Waals surface area contributed by atoms with Crippen LogP contribution in [0, 0.1) is 5.82 Å². The van der Waals surface area contributed by atoms with Gasteiger partial charge in [0.2, 0.25) is 0 Å². The van der Waals surface area contributed by atoms with E-state index >= 15 is 0 Å². The standard InChI is InChI=1S/C13H13BrFN3O/c1-17(8-9-3-5-10(15)6-4-9)11-7-16-18(2)13(19)12(11)14/h3-7H,8H2,1-2H3. The van der Waals surface area contributed by atoms with Crippen LogP contribution in [0.25, 0.3) is 0 Å². The zero-order valence-electron chi connectivity index (χ0n) is 10.6. The smallest absolute Gasteiger partial charge is 0.282 e. The predicted octanol–water partition coefficient (Wildman–Crippen LogP) is 2.32. The van der Waals surface area contributed by atoms with Crippen molar-refractivity contribution in [2.24, 2.45) is 7.05 Å². The number of nitrogens with zero attached hydrogens (tertiary/aromatic N) is 3. The summed E-state index contributed by atoms with van der Waals surface area (Å²) in [5.41, 5.74) is 1.47. The number of aryl methyl sites for hydroxylation is 1. The van der Waals surface area contributed by atoms with Crippen molar-refractivity contribution in [1.29, 1.82) is 0 Å². The average molecular weight is 326 g/mol. The molecule has 0 fully saturated rings. The van der Waals surface area contributed by atoms with E-state index in [9.17, 15) is 9.18 Å². The van der Waals surface area contributed by atoms with Crippen LogP contribution < -0.4 is 10.5 Å². The summed E-state index contributed by atoms with van der Waals surface area (Å²) in [6, 6.07) is 6.27. The van der Waals surface area contributed by atoms with E-state index in [1.807, 2.05) is 11.9 Å². The van der Waals surface area contributed by atoms with Crippen molar-refractivity contribution in [2.75, 3.05) is 11.9 Å². The first-order valence-electron chi connectivity index (χ1n) is 5.66. The lowest BCUT2D eigenvalue weighted by Crippen LogP contribution is -2.25. The summed E-state index contributed by atoms with van der Waals surface area (Å²) in [6.45, 7) is 0.563. The Kier molecular flexibility index (Phi) is 3.99. The largest absolute Gasteiger partial charge is 0.368 e. The van der Waals surface area contributed by atoms with Gasteiger partial charge in [0, 0.05) is 20.6 Å². The second kappa shape index (κ2) is 5.52. The van der Waals surface area contributed by atoms with E-state index in [0.717, 1.165) is 5.56 Å². The molecule has 0 N–H and O–H groups in total. The van der Waals surface area contributed by atoms with Crippen LogP contribution >= 0.6 is 15.9 Å². The molecule has 0 radical (unpaired) electrons. The molecule has 0 aliphatic carbocycles. The van der Waals surface area contributed by atoms with Gasteiger partial charge < -0.3 is 4.90 Å². The Morgan fingerprint density at radius 3 is 2.63 bits per heavy atom. The number of hydrogen-bond acceptors (Lipinski definition) is 3. The third-order valence-corrected chi connectivity index (χ3v) is 3.55. The highest BCUT2D eigenvalue weighted by atomic mass is 79.9. The second-order valence-corrected chi connectivity index (χ2v) is 5.05. The SMILES string of the molecule is CN(Cc1ccc(F)cc1)c1cnn(C)c(=O)c1Br. The summed E-state index contributed by atoms with van der Waals surface area (Å²) in [4.78, 5) is 13.6. The normalized spacial score (nSPS) is 10.5. The van der Waals surface area contributed by atoms with E-state index in [1.54, 1.807) is 25.4 Å². The quantitative estimate of drug-likeness (QED) is 0.869. The van der Waals surface area contributed by atoms with Crippen LogP contribution in [0.2, 0.25) is 0 Å². The lowest BCUT2D eigenvalue weighted by Gasteiger charge is -2.20. The number of hydrogen-bond donors (Lipinski definition) is 0. The Bertz CT molecular complexity index is 639. The number of benzene rings is 1. The molecule has 0 spiro atoms. The minimum absolute atomic E-state index is 0.191. The molecule has 0 saturated heterocycles. The molecule has 1 aromatic carbocycles. The maximum absolute atomic E-state index is 12.8. The van der Waals surface area contributed by atoms with Crippen molar-refractivity contribution >= 4 is 21.6 Å². The highest BCUT2D eigenvalue weighted by molar-refractivity contribution is 9.10. The molecule has 1 aromatic heterocycles. The topological polar surface area (TPSA) is 38.1 Å². The van der Waals surface area contributed by atoms with Gasteiger partial charge in [-0.1, -0.05) is 12.1 Å². The fourth-order valence-electron chi connectivity index (χ4n) is 1.72. The van der Waals surface area contributed by atoms with Gasteiger partial charge in [0.25, 0.3) is 5.56 Å². The van der Waals surface area contributed by atoms with Crippen molar-refractivity contribution < 1.29 is 4.39 Å². The van der Waals surface area contributed by atoms with Gasteiger partial charge in [-0.05, 0) is 33.6 Å². The fraction of sp³-hybridized carbons (Fsp3) is 0.231. The Balaban J connectivity index is 2.25. The highest BCUT2D eigenvalue weighted by Crippen LogP contribution is 2.21. The van der Waals surface area contributed by atoms with Crippen LogP contribution in [-0.4, -0.2) is 16.8 Å². The molecule has 2 aromatic rings. The number of halogens is 2. The van der Waals surface area contributed by atoms with Crippen LogP contribution in [0.4, 0.5) is 10.1 Å². The van der Waals surface area contributed by atoms with E-state index in [0.29, 0.717) is 16.7 Å². The lowest BCUT2D eigenvalue weighted by atomic mass is 10.2. The zero-order valence-corrected chi connectivity index (χ0v) is 12.2. The van der Waals surface area contributed by atoms with Gasteiger partial charge >= 0.3 is 0 Å². The third kappa shape index (κ3) is 3.01. The van der Waals surface area contributed by atoms with E-state index in [1.165, 1.54) is 16.8 Å². The summed E-state index contributed by atoms with van der Waals surface area (Å²) in [5.74, 6) is -0.261. The van der Waals surface area contributed by atoms with Crippen molar-refractivity contribution in [3.63, 3.8) is 0 Å². The number of rotatable bonds is 3. The van der Waals surface area contributed by atoms with Gasteiger partial charge in [-0.3, -0.25) is 4.79 Å². The highest BCUT2D eigenvalue weighted by Gasteiger charge is 2.11. The maximum atomic E-state index is 12.8. The second-order valence-electron chi connectivity index (χ2n) is 4.26.